The topological polar surface area (TPSA) is 32.3 Å². The normalized spacial score (nSPS) is 17.6. The molecule has 1 aromatic rings. The van der Waals surface area contributed by atoms with Crippen LogP contribution in [0.4, 0.5) is 0 Å². The molecule has 4 heteroatoms. The van der Waals surface area contributed by atoms with Crippen LogP contribution in [-0.2, 0) is 11.2 Å². The highest BCUT2D eigenvalue weighted by molar-refractivity contribution is 9.10. The predicted molar refractivity (Wildman–Crippen MR) is 76.5 cm³/mol. The summed E-state index contributed by atoms with van der Waals surface area (Å²) in [4.78, 5) is 13.1. The van der Waals surface area contributed by atoms with Gasteiger partial charge in [-0.1, -0.05) is 28.1 Å². The largest absolute Gasteiger partial charge is 0.349 e. The Labute approximate surface area is 117 Å². The highest BCUT2D eigenvalue weighted by Crippen LogP contribution is 2.35. The van der Waals surface area contributed by atoms with E-state index in [1.54, 1.807) is 19.0 Å². The Kier molecular flexibility index (Phi) is 4.40. The summed E-state index contributed by atoms with van der Waals surface area (Å²) in [5, 5.41) is 3.48. The van der Waals surface area contributed by atoms with Gasteiger partial charge in [-0.25, -0.2) is 0 Å². The third-order valence-electron chi connectivity index (χ3n) is 3.44. The first kappa shape index (κ1) is 13.6. The number of benzene rings is 1. The monoisotopic (exact) mass is 310 g/mol. The van der Waals surface area contributed by atoms with Crippen LogP contribution in [0.2, 0.25) is 0 Å². The molecule has 0 aliphatic heterocycles. The van der Waals surface area contributed by atoms with E-state index in [0.29, 0.717) is 12.5 Å². The average molecular weight is 311 g/mol. The second kappa shape index (κ2) is 5.85. The Morgan fingerprint density at radius 3 is 3.00 bits per heavy atom. The molecule has 18 heavy (non-hydrogen) atoms. The SMILES string of the molecule is CN(C)C(=O)CCNC1CCc2c(Br)cccc21. The standard InChI is InChI=1S/C14H19BrN2O/c1-17(2)14(18)8-9-16-13-7-6-10-11(13)4-3-5-12(10)15/h3-5,13,16H,6-9H2,1-2H3. The van der Waals surface area contributed by atoms with Crippen LogP contribution in [0.5, 0.6) is 0 Å². The number of carbonyl (C=O) groups is 1. The zero-order chi connectivity index (χ0) is 13.1. The first-order chi connectivity index (χ1) is 8.59. The van der Waals surface area contributed by atoms with E-state index >= 15 is 0 Å². The Balaban J connectivity index is 1.91. The van der Waals surface area contributed by atoms with Crippen LogP contribution in [-0.4, -0.2) is 31.4 Å². The first-order valence-electron chi connectivity index (χ1n) is 6.30. The fraction of sp³-hybridized carbons (Fsp3) is 0.500. The average Bonchev–Trinajstić information content (AvgIpc) is 2.74. The third kappa shape index (κ3) is 2.93. The summed E-state index contributed by atoms with van der Waals surface area (Å²) in [6.45, 7) is 0.744. The van der Waals surface area contributed by atoms with E-state index in [9.17, 15) is 4.79 Å². The summed E-state index contributed by atoms with van der Waals surface area (Å²) in [5.41, 5.74) is 2.79. The minimum absolute atomic E-state index is 0.176. The molecule has 1 aliphatic rings. The quantitative estimate of drug-likeness (QED) is 0.926. The molecule has 0 saturated carbocycles. The van der Waals surface area contributed by atoms with E-state index in [1.165, 1.54) is 15.6 Å². The van der Waals surface area contributed by atoms with Gasteiger partial charge < -0.3 is 10.2 Å². The molecule has 0 radical (unpaired) electrons. The lowest BCUT2D eigenvalue weighted by Gasteiger charge is -2.15. The van der Waals surface area contributed by atoms with E-state index in [4.69, 9.17) is 0 Å². The number of halogens is 1. The molecule has 3 nitrogen and oxygen atoms in total. The van der Waals surface area contributed by atoms with Gasteiger partial charge in [-0.15, -0.1) is 0 Å². The second-order valence-corrected chi connectivity index (χ2v) is 5.75. The molecule has 0 bridgehead atoms. The maximum absolute atomic E-state index is 11.5. The fourth-order valence-electron chi connectivity index (χ4n) is 2.40. The molecule has 1 aliphatic carbocycles. The lowest BCUT2D eigenvalue weighted by atomic mass is 10.1. The molecular formula is C14H19BrN2O. The maximum atomic E-state index is 11.5. The Bertz CT molecular complexity index is 445. The van der Waals surface area contributed by atoms with Gasteiger partial charge in [0.05, 0.1) is 0 Å². The summed E-state index contributed by atoms with van der Waals surface area (Å²) in [6.07, 6.45) is 2.79. The second-order valence-electron chi connectivity index (χ2n) is 4.89. The van der Waals surface area contributed by atoms with E-state index in [2.05, 4.69) is 39.4 Å². The molecule has 1 N–H and O–H groups in total. The lowest BCUT2D eigenvalue weighted by molar-refractivity contribution is -0.128. The van der Waals surface area contributed by atoms with Crippen LogP contribution in [0.25, 0.3) is 0 Å². The molecule has 2 rings (SSSR count). The summed E-state index contributed by atoms with van der Waals surface area (Å²) < 4.78 is 1.20. The van der Waals surface area contributed by atoms with E-state index in [0.717, 1.165) is 19.4 Å². The smallest absolute Gasteiger partial charge is 0.223 e. The van der Waals surface area contributed by atoms with Crippen LogP contribution in [0.15, 0.2) is 22.7 Å². The Morgan fingerprint density at radius 1 is 1.50 bits per heavy atom. The minimum atomic E-state index is 0.176. The summed E-state index contributed by atoms with van der Waals surface area (Å²) >= 11 is 3.60. The van der Waals surface area contributed by atoms with Crippen molar-refractivity contribution in [1.29, 1.82) is 0 Å². The molecule has 1 atom stereocenters. The van der Waals surface area contributed by atoms with Gasteiger partial charge in [0.1, 0.15) is 0 Å². The van der Waals surface area contributed by atoms with Crippen LogP contribution in [0.1, 0.15) is 30.0 Å². The van der Waals surface area contributed by atoms with Gasteiger partial charge in [0.15, 0.2) is 0 Å². The van der Waals surface area contributed by atoms with E-state index < -0.39 is 0 Å². The van der Waals surface area contributed by atoms with Gasteiger partial charge in [-0.05, 0) is 30.0 Å². The number of carbonyl (C=O) groups excluding carboxylic acids is 1. The predicted octanol–water partition coefficient (Wildman–Crippen LogP) is 2.50. The number of nitrogens with zero attached hydrogens (tertiary/aromatic N) is 1. The van der Waals surface area contributed by atoms with Gasteiger partial charge in [0.25, 0.3) is 0 Å². The number of hydrogen-bond donors (Lipinski definition) is 1. The molecule has 0 heterocycles. The van der Waals surface area contributed by atoms with Crippen molar-refractivity contribution in [2.75, 3.05) is 20.6 Å². The Morgan fingerprint density at radius 2 is 2.28 bits per heavy atom. The van der Waals surface area contributed by atoms with Crippen molar-refractivity contribution in [3.8, 4) is 0 Å². The van der Waals surface area contributed by atoms with Gasteiger partial charge >= 0.3 is 0 Å². The molecule has 98 valence electrons. The third-order valence-corrected chi connectivity index (χ3v) is 4.18. The van der Waals surface area contributed by atoms with Crippen molar-refractivity contribution < 1.29 is 4.79 Å². The van der Waals surface area contributed by atoms with Crippen LogP contribution in [0, 0.1) is 0 Å². The highest BCUT2D eigenvalue weighted by atomic mass is 79.9. The summed E-state index contributed by atoms with van der Waals surface area (Å²) in [7, 11) is 3.59. The van der Waals surface area contributed by atoms with Crippen LogP contribution < -0.4 is 5.32 Å². The van der Waals surface area contributed by atoms with Gasteiger partial charge in [-0.2, -0.15) is 0 Å². The van der Waals surface area contributed by atoms with Crippen molar-refractivity contribution in [2.45, 2.75) is 25.3 Å². The van der Waals surface area contributed by atoms with E-state index in [1.807, 2.05) is 0 Å². The molecule has 0 saturated heterocycles. The molecular weight excluding hydrogens is 292 g/mol. The number of hydrogen-bond acceptors (Lipinski definition) is 2. The van der Waals surface area contributed by atoms with Crippen LogP contribution >= 0.6 is 15.9 Å². The van der Waals surface area contributed by atoms with Crippen molar-refractivity contribution in [2.24, 2.45) is 0 Å². The molecule has 1 amide bonds. The minimum Gasteiger partial charge on any atom is -0.349 e. The maximum Gasteiger partial charge on any atom is 0.223 e. The molecule has 0 aromatic heterocycles. The molecule has 0 fully saturated rings. The summed E-state index contributed by atoms with van der Waals surface area (Å²) in [6, 6.07) is 6.75. The van der Waals surface area contributed by atoms with Gasteiger partial charge in [0.2, 0.25) is 5.91 Å². The number of nitrogens with one attached hydrogen (secondary N) is 1. The van der Waals surface area contributed by atoms with Crippen molar-refractivity contribution >= 4 is 21.8 Å². The molecule has 1 unspecified atom stereocenters. The van der Waals surface area contributed by atoms with E-state index in [-0.39, 0.29) is 5.91 Å². The van der Waals surface area contributed by atoms with Crippen molar-refractivity contribution in [3.05, 3.63) is 33.8 Å². The number of fused-ring (bicyclic) bond motifs is 1. The Hall–Kier alpha value is -0.870. The highest BCUT2D eigenvalue weighted by Gasteiger charge is 2.23. The molecule has 0 spiro atoms. The summed E-state index contributed by atoms with van der Waals surface area (Å²) in [5.74, 6) is 0.176. The first-order valence-corrected chi connectivity index (χ1v) is 7.09. The zero-order valence-electron chi connectivity index (χ0n) is 10.9. The van der Waals surface area contributed by atoms with Gasteiger partial charge in [-0.3, -0.25) is 4.79 Å². The van der Waals surface area contributed by atoms with Crippen molar-refractivity contribution in [1.82, 2.24) is 10.2 Å². The fourth-order valence-corrected chi connectivity index (χ4v) is 2.98. The zero-order valence-corrected chi connectivity index (χ0v) is 12.5. The van der Waals surface area contributed by atoms with Crippen molar-refractivity contribution in [3.63, 3.8) is 0 Å². The number of amides is 1. The lowest BCUT2D eigenvalue weighted by Crippen LogP contribution is -2.28. The number of rotatable bonds is 4. The van der Waals surface area contributed by atoms with Gasteiger partial charge in [0, 0.05) is 37.6 Å². The molecule has 1 aromatic carbocycles. The van der Waals surface area contributed by atoms with Crippen LogP contribution in [0.3, 0.4) is 0 Å².